The molecule has 0 aliphatic carbocycles. The van der Waals surface area contributed by atoms with Crippen LogP contribution in [-0.2, 0) is 6.42 Å². The van der Waals surface area contributed by atoms with E-state index in [-0.39, 0.29) is 11.9 Å². The lowest BCUT2D eigenvalue weighted by atomic mass is 9.95. The summed E-state index contributed by atoms with van der Waals surface area (Å²) in [6.45, 7) is 5.74. The van der Waals surface area contributed by atoms with Crippen LogP contribution in [0.2, 0.25) is 0 Å². The minimum atomic E-state index is -0.0982. The highest BCUT2D eigenvalue weighted by atomic mass is 19.1. The first-order chi connectivity index (χ1) is 9.51. The molecule has 1 unspecified atom stereocenters. The molecule has 0 saturated carbocycles. The largest absolute Gasteiger partial charge is 0.313 e. The third-order valence-corrected chi connectivity index (χ3v) is 3.77. The number of likely N-dealkylation sites (N-methyl/N-ethyl adjacent to an activating group) is 1. The van der Waals surface area contributed by atoms with Crippen LogP contribution in [0.3, 0.4) is 0 Å². The fourth-order valence-electron chi connectivity index (χ4n) is 2.53. The molecule has 2 aromatic carbocycles. The Kier molecular flexibility index (Phi) is 4.56. The molecule has 1 nitrogen and oxygen atoms in total. The van der Waals surface area contributed by atoms with Gasteiger partial charge in [0.05, 0.1) is 0 Å². The van der Waals surface area contributed by atoms with Crippen LogP contribution in [0.5, 0.6) is 0 Å². The number of hydrogen-bond donors (Lipinski definition) is 1. The van der Waals surface area contributed by atoms with Gasteiger partial charge in [-0.3, -0.25) is 0 Å². The Morgan fingerprint density at radius 3 is 2.05 bits per heavy atom. The molecule has 2 heteroatoms. The van der Waals surface area contributed by atoms with Crippen LogP contribution in [-0.4, -0.2) is 7.05 Å². The molecule has 20 heavy (non-hydrogen) atoms. The summed E-state index contributed by atoms with van der Waals surface area (Å²) in [6, 6.07) is 12.7. The first kappa shape index (κ1) is 14.7. The number of rotatable bonds is 4. The Morgan fingerprint density at radius 1 is 1.00 bits per heavy atom. The van der Waals surface area contributed by atoms with Gasteiger partial charge < -0.3 is 5.32 Å². The van der Waals surface area contributed by atoms with Gasteiger partial charge >= 0.3 is 0 Å². The van der Waals surface area contributed by atoms with E-state index in [1.54, 1.807) is 0 Å². The molecule has 2 aromatic rings. The topological polar surface area (TPSA) is 12.0 Å². The molecule has 2 rings (SSSR count). The molecular formula is C18H22FN. The number of halogens is 1. The molecule has 0 amide bonds. The Morgan fingerprint density at radius 2 is 1.55 bits per heavy atom. The predicted octanol–water partition coefficient (Wildman–Crippen LogP) is 4.25. The first-order valence-corrected chi connectivity index (χ1v) is 7.00. The van der Waals surface area contributed by atoms with Gasteiger partial charge in [0.25, 0.3) is 0 Å². The lowest BCUT2D eigenvalue weighted by Crippen LogP contribution is -2.19. The maximum absolute atomic E-state index is 13.7. The van der Waals surface area contributed by atoms with Crippen LogP contribution >= 0.6 is 0 Å². The molecule has 1 N–H and O–H groups in total. The molecule has 0 bridgehead atoms. The summed E-state index contributed by atoms with van der Waals surface area (Å²) in [5.41, 5.74) is 5.12. The molecule has 0 aromatic heterocycles. The molecule has 0 aliphatic heterocycles. The second kappa shape index (κ2) is 6.19. The molecule has 0 fully saturated rings. The maximum Gasteiger partial charge on any atom is 0.129 e. The summed E-state index contributed by atoms with van der Waals surface area (Å²) in [5.74, 6) is -0.0982. The molecule has 106 valence electrons. The van der Waals surface area contributed by atoms with E-state index in [4.69, 9.17) is 0 Å². The van der Waals surface area contributed by atoms with E-state index in [2.05, 4.69) is 36.5 Å². The van der Waals surface area contributed by atoms with Gasteiger partial charge in [-0.25, -0.2) is 4.39 Å². The third kappa shape index (κ3) is 3.26. The van der Waals surface area contributed by atoms with Crippen LogP contribution in [0.1, 0.15) is 33.9 Å². The van der Waals surface area contributed by atoms with E-state index >= 15 is 0 Å². The molecule has 0 saturated heterocycles. The third-order valence-electron chi connectivity index (χ3n) is 3.77. The fourth-order valence-corrected chi connectivity index (χ4v) is 2.53. The van der Waals surface area contributed by atoms with E-state index in [0.29, 0.717) is 11.1 Å². The van der Waals surface area contributed by atoms with Crippen molar-refractivity contribution in [3.05, 3.63) is 70.0 Å². The van der Waals surface area contributed by atoms with Crippen LogP contribution < -0.4 is 5.32 Å². The zero-order valence-corrected chi connectivity index (χ0v) is 12.6. The minimum Gasteiger partial charge on any atom is -0.313 e. The van der Waals surface area contributed by atoms with Crippen molar-refractivity contribution in [1.82, 2.24) is 5.32 Å². The van der Waals surface area contributed by atoms with Crippen LogP contribution in [0.25, 0.3) is 0 Å². The summed E-state index contributed by atoms with van der Waals surface area (Å²) in [7, 11) is 1.95. The highest BCUT2D eigenvalue weighted by Gasteiger charge is 2.13. The van der Waals surface area contributed by atoms with E-state index in [1.165, 1.54) is 11.1 Å². The first-order valence-electron chi connectivity index (χ1n) is 7.00. The van der Waals surface area contributed by atoms with Crippen molar-refractivity contribution in [3.8, 4) is 0 Å². The second-order valence-electron chi connectivity index (χ2n) is 5.50. The number of benzene rings is 2. The average Bonchev–Trinajstić information content (AvgIpc) is 2.43. The summed E-state index contributed by atoms with van der Waals surface area (Å²) in [6.07, 6.45) is 0.904. The van der Waals surface area contributed by atoms with E-state index in [0.717, 1.165) is 12.0 Å². The van der Waals surface area contributed by atoms with Crippen molar-refractivity contribution >= 4 is 0 Å². The van der Waals surface area contributed by atoms with E-state index in [9.17, 15) is 4.39 Å². The minimum absolute atomic E-state index is 0.0982. The van der Waals surface area contributed by atoms with Crippen LogP contribution in [0.4, 0.5) is 4.39 Å². The van der Waals surface area contributed by atoms with Crippen molar-refractivity contribution in [1.29, 1.82) is 0 Å². The monoisotopic (exact) mass is 271 g/mol. The Balaban J connectivity index is 2.26. The Labute approximate surface area is 120 Å². The van der Waals surface area contributed by atoms with Gasteiger partial charge in [0.2, 0.25) is 0 Å². The highest BCUT2D eigenvalue weighted by molar-refractivity contribution is 5.33. The van der Waals surface area contributed by atoms with Gasteiger partial charge in [-0.15, -0.1) is 0 Å². The molecule has 1 atom stereocenters. The Hall–Kier alpha value is -1.67. The summed E-state index contributed by atoms with van der Waals surface area (Å²) < 4.78 is 13.7. The average molecular weight is 271 g/mol. The van der Waals surface area contributed by atoms with Gasteiger partial charge in [0.1, 0.15) is 5.82 Å². The highest BCUT2D eigenvalue weighted by Crippen LogP contribution is 2.23. The predicted molar refractivity (Wildman–Crippen MR) is 82.6 cm³/mol. The molecular weight excluding hydrogens is 249 g/mol. The van der Waals surface area contributed by atoms with Crippen molar-refractivity contribution in [3.63, 3.8) is 0 Å². The number of aryl methyl sites for hydroxylation is 3. The number of nitrogens with one attached hydrogen (secondary N) is 1. The van der Waals surface area contributed by atoms with Gasteiger partial charge in [-0.2, -0.15) is 0 Å². The Bertz CT molecular complexity index is 564. The van der Waals surface area contributed by atoms with Gasteiger partial charge in [-0.1, -0.05) is 42.0 Å². The summed E-state index contributed by atoms with van der Waals surface area (Å²) in [5, 5.41) is 3.33. The zero-order valence-electron chi connectivity index (χ0n) is 12.6. The van der Waals surface area contributed by atoms with Gasteiger partial charge in [-0.05, 0) is 56.5 Å². The van der Waals surface area contributed by atoms with Crippen molar-refractivity contribution in [2.75, 3.05) is 7.05 Å². The second-order valence-corrected chi connectivity index (χ2v) is 5.50. The lowest BCUT2D eigenvalue weighted by Gasteiger charge is -2.18. The summed E-state index contributed by atoms with van der Waals surface area (Å²) >= 11 is 0. The quantitative estimate of drug-likeness (QED) is 0.876. The van der Waals surface area contributed by atoms with Gasteiger partial charge in [0.15, 0.2) is 0 Å². The lowest BCUT2D eigenvalue weighted by molar-refractivity contribution is 0.579. The molecule has 0 aliphatic rings. The maximum atomic E-state index is 13.7. The van der Waals surface area contributed by atoms with Crippen LogP contribution in [0, 0.1) is 26.6 Å². The van der Waals surface area contributed by atoms with E-state index in [1.807, 2.05) is 33.0 Å². The smallest absolute Gasteiger partial charge is 0.129 e. The number of hydrogen-bond acceptors (Lipinski definition) is 1. The molecule has 0 spiro atoms. The van der Waals surface area contributed by atoms with Crippen LogP contribution in [0.15, 0.2) is 36.4 Å². The van der Waals surface area contributed by atoms with Crippen molar-refractivity contribution in [2.24, 2.45) is 0 Å². The van der Waals surface area contributed by atoms with Crippen molar-refractivity contribution < 1.29 is 4.39 Å². The molecule has 0 radical (unpaired) electrons. The standard InChI is InChI=1S/C18H22FN/c1-12-5-7-15(8-6-12)11-17(20-4)16-9-13(2)18(19)14(3)10-16/h5-10,17,20H,11H2,1-4H3. The van der Waals surface area contributed by atoms with Gasteiger partial charge in [0, 0.05) is 6.04 Å². The fraction of sp³-hybridized carbons (Fsp3) is 0.333. The molecule has 0 heterocycles. The van der Waals surface area contributed by atoms with Crippen molar-refractivity contribution in [2.45, 2.75) is 33.2 Å². The van der Waals surface area contributed by atoms with E-state index < -0.39 is 0 Å². The zero-order chi connectivity index (χ0) is 14.7. The SMILES string of the molecule is CNC(Cc1ccc(C)cc1)c1cc(C)c(F)c(C)c1. The normalized spacial score (nSPS) is 12.4. The summed E-state index contributed by atoms with van der Waals surface area (Å²) in [4.78, 5) is 0.